The summed E-state index contributed by atoms with van der Waals surface area (Å²) in [4.78, 5) is 46.7. The Kier molecular flexibility index (Phi) is 6.59. The molecule has 2 rings (SSSR count). The molecule has 0 aromatic heterocycles. The molecule has 0 spiro atoms. The third-order valence-electron chi connectivity index (χ3n) is 4.30. The van der Waals surface area contributed by atoms with Gasteiger partial charge in [0.05, 0.1) is 11.1 Å². The van der Waals surface area contributed by atoms with Gasteiger partial charge in [0, 0.05) is 0 Å². The normalized spacial score (nSPS) is 22.2. The highest BCUT2D eigenvalue weighted by Gasteiger charge is 2.62. The van der Waals surface area contributed by atoms with Gasteiger partial charge in [0.1, 0.15) is 0 Å². The Morgan fingerprint density at radius 3 is 1.34 bits per heavy atom. The molecular formula is C17H6F8O10. The number of carboxylic acid groups (broad SMARTS) is 4. The molecule has 1 aromatic carbocycles. The zero-order chi connectivity index (χ0) is 27.3. The monoisotopic (exact) mass is 522 g/mol. The second kappa shape index (κ2) is 8.53. The van der Waals surface area contributed by atoms with Gasteiger partial charge in [-0.2, -0.15) is 8.78 Å². The average molecular weight is 522 g/mol. The molecule has 35 heavy (non-hydrogen) atoms. The molecule has 2 atom stereocenters. The molecule has 0 fully saturated rings. The average Bonchev–Trinajstić information content (AvgIpc) is 2.72. The predicted molar refractivity (Wildman–Crippen MR) is 86.2 cm³/mol. The molecule has 0 saturated heterocycles. The maximum Gasteiger partial charge on any atom is 0.524 e. The highest BCUT2D eigenvalue weighted by molar-refractivity contribution is 6.09. The van der Waals surface area contributed by atoms with Gasteiger partial charge < -0.3 is 25.2 Å². The highest BCUT2D eigenvalue weighted by Crippen LogP contribution is 2.43. The van der Waals surface area contributed by atoms with Crippen LogP contribution in [0.1, 0.15) is 0 Å². The third kappa shape index (κ3) is 4.34. The Bertz CT molecular complexity index is 1190. The number of rotatable bonds is 7. The summed E-state index contributed by atoms with van der Waals surface area (Å²) in [6.45, 7) is 0. The molecule has 0 bridgehead atoms. The summed E-state index contributed by atoms with van der Waals surface area (Å²) in [5.41, 5.74) is -12.9. The first kappa shape index (κ1) is 27.0. The minimum absolute atomic E-state index is 0.668. The lowest BCUT2D eigenvalue weighted by Crippen LogP contribution is -2.57. The zero-order valence-electron chi connectivity index (χ0n) is 15.9. The van der Waals surface area contributed by atoms with Gasteiger partial charge in [-0.25, -0.2) is 32.3 Å². The van der Waals surface area contributed by atoms with Gasteiger partial charge in [-0.3, -0.25) is 4.74 Å². The second-order valence-corrected chi connectivity index (χ2v) is 6.36. The van der Waals surface area contributed by atoms with E-state index in [0.717, 1.165) is 0 Å². The number of hydrogen-bond acceptors (Lipinski definition) is 6. The number of halogens is 8. The molecular weight excluding hydrogens is 516 g/mol. The molecule has 0 radical (unpaired) electrons. The van der Waals surface area contributed by atoms with Gasteiger partial charge in [0.2, 0.25) is 34.7 Å². The van der Waals surface area contributed by atoms with Crippen molar-refractivity contribution in [2.75, 3.05) is 0 Å². The summed E-state index contributed by atoms with van der Waals surface area (Å²) in [6, 6.07) is 0. The minimum atomic E-state index is -6.02. The molecule has 1 aliphatic rings. The van der Waals surface area contributed by atoms with E-state index in [4.69, 9.17) is 0 Å². The maximum atomic E-state index is 14.1. The van der Waals surface area contributed by atoms with E-state index < -0.39 is 99.6 Å². The Morgan fingerprint density at radius 2 is 1.00 bits per heavy atom. The molecule has 18 heteroatoms. The molecule has 0 heterocycles. The summed E-state index contributed by atoms with van der Waals surface area (Å²) in [5.74, 6) is -27.6. The minimum Gasteiger partial charge on any atom is -0.479 e. The number of carbonyl (C=O) groups is 4. The molecule has 1 aromatic rings. The van der Waals surface area contributed by atoms with E-state index in [1.165, 1.54) is 0 Å². The van der Waals surface area contributed by atoms with Crippen LogP contribution in [-0.2, 0) is 23.9 Å². The molecule has 2 unspecified atom stereocenters. The van der Waals surface area contributed by atoms with Crippen LogP contribution in [0.15, 0.2) is 23.3 Å². The summed E-state index contributed by atoms with van der Waals surface area (Å²) in [6.07, 6.45) is -7.41. The SMILES string of the molecule is O=C(O)C1=CC(OC(F)(F)F)(C(=O)O)C(C(=O)O)=CC1(Oc1c(F)c(F)c(F)c(F)c1F)C(=O)O. The predicted octanol–water partition coefficient (Wildman–Crippen LogP) is 1.98. The van der Waals surface area contributed by atoms with Gasteiger partial charge in [0.15, 0.2) is 5.75 Å². The standard InChI is InChI=1S/C17H6F8O10/c18-5-6(19)8(21)10(9(22)7(5)20)34-15(13(30)31)1-4(12(28)29)16(14(32)33,35-17(23,24)25)2-3(15)11(26)27/h1-2H,(H,26,27)(H,28,29)(H,30,31)(H,32,33). The van der Waals surface area contributed by atoms with E-state index in [2.05, 4.69) is 9.47 Å². The van der Waals surface area contributed by atoms with Crippen LogP contribution < -0.4 is 4.74 Å². The topological polar surface area (TPSA) is 168 Å². The second-order valence-electron chi connectivity index (χ2n) is 6.36. The van der Waals surface area contributed by atoms with E-state index in [1.807, 2.05) is 0 Å². The molecule has 0 aliphatic heterocycles. The van der Waals surface area contributed by atoms with Gasteiger partial charge >= 0.3 is 30.2 Å². The van der Waals surface area contributed by atoms with Gasteiger partial charge in [-0.05, 0) is 12.2 Å². The summed E-state index contributed by atoms with van der Waals surface area (Å²) >= 11 is 0. The molecule has 1 aliphatic carbocycles. The lowest BCUT2D eigenvalue weighted by atomic mass is 9.76. The summed E-state index contributed by atoms with van der Waals surface area (Å²) < 4.78 is 115. The zero-order valence-corrected chi connectivity index (χ0v) is 15.9. The number of carboxylic acids is 4. The summed E-state index contributed by atoms with van der Waals surface area (Å²) in [7, 11) is 0. The highest BCUT2D eigenvalue weighted by atomic mass is 19.4. The van der Waals surface area contributed by atoms with Crippen LogP contribution in [0.3, 0.4) is 0 Å². The van der Waals surface area contributed by atoms with Crippen molar-refractivity contribution in [1.82, 2.24) is 0 Å². The fourth-order valence-electron chi connectivity index (χ4n) is 2.85. The van der Waals surface area contributed by atoms with E-state index in [1.54, 1.807) is 0 Å². The first-order valence-electron chi connectivity index (χ1n) is 8.19. The third-order valence-corrected chi connectivity index (χ3v) is 4.30. The van der Waals surface area contributed by atoms with Gasteiger partial charge in [0.25, 0.3) is 5.60 Å². The number of alkyl halides is 3. The van der Waals surface area contributed by atoms with E-state index in [-0.39, 0.29) is 0 Å². The van der Waals surface area contributed by atoms with Gasteiger partial charge in [-0.1, -0.05) is 0 Å². The quantitative estimate of drug-likeness (QED) is 0.236. The van der Waals surface area contributed by atoms with Gasteiger partial charge in [-0.15, -0.1) is 13.2 Å². The van der Waals surface area contributed by atoms with Crippen molar-refractivity contribution >= 4 is 23.9 Å². The maximum absolute atomic E-state index is 14.1. The van der Waals surface area contributed by atoms with Crippen molar-refractivity contribution in [1.29, 1.82) is 0 Å². The van der Waals surface area contributed by atoms with E-state index in [9.17, 15) is 74.7 Å². The van der Waals surface area contributed by atoms with E-state index >= 15 is 0 Å². The van der Waals surface area contributed by atoms with Crippen molar-refractivity contribution in [3.63, 3.8) is 0 Å². The van der Waals surface area contributed by atoms with Crippen LogP contribution in [0.4, 0.5) is 35.1 Å². The number of ether oxygens (including phenoxy) is 2. The van der Waals surface area contributed by atoms with Crippen molar-refractivity contribution < 1.29 is 84.2 Å². The van der Waals surface area contributed by atoms with Crippen LogP contribution >= 0.6 is 0 Å². The van der Waals surface area contributed by atoms with Crippen molar-refractivity contribution in [2.45, 2.75) is 17.6 Å². The number of aliphatic carboxylic acids is 4. The van der Waals surface area contributed by atoms with Crippen LogP contribution in [0.5, 0.6) is 5.75 Å². The number of benzene rings is 1. The van der Waals surface area contributed by atoms with Crippen molar-refractivity contribution in [3.05, 3.63) is 52.4 Å². The van der Waals surface area contributed by atoms with Crippen LogP contribution in [-0.4, -0.2) is 61.9 Å². The largest absolute Gasteiger partial charge is 0.524 e. The molecule has 10 nitrogen and oxygen atoms in total. The van der Waals surface area contributed by atoms with Crippen LogP contribution in [0.2, 0.25) is 0 Å². The van der Waals surface area contributed by atoms with Crippen LogP contribution in [0, 0.1) is 29.1 Å². The molecule has 0 saturated carbocycles. The first-order valence-corrected chi connectivity index (χ1v) is 8.19. The Balaban J connectivity index is 3.02. The lowest BCUT2D eigenvalue weighted by molar-refractivity contribution is -0.348. The fraction of sp³-hybridized carbons (Fsp3) is 0.176. The molecule has 190 valence electrons. The molecule has 4 N–H and O–H groups in total. The Labute approximate surface area is 184 Å². The Hall–Kier alpha value is -4.22. The number of hydrogen-bond donors (Lipinski definition) is 4. The molecule has 0 amide bonds. The first-order chi connectivity index (χ1) is 15.8. The van der Waals surface area contributed by atoms with Crippen molar-refractivity contribution in [3.8, 4) is 5.75 Å². The van der Waals surface area contributed by atoms with E-state index in [0.29, 0.717) is 0 Å². The van der Waals surface area contributed by atoms with Crippen molar-refractivity contribution in [2.24, 2.45) is 0 Å². The summed E-state index contributed by atoms with van der Waals surface area (Å²) in [5, 5.41) is 37.3. The Morgan fingerprint density at radius 1 is 0.657 bits per heavy atom. The fourth-order valence-corrected chi connectivity index (χ4v) is 2.85. The smallest absolute Gasteiger partial charge is 0.479 e. The van der Waals surface area contributed by atoms with Crippen LogP contribution in [0.25, 0.3) is 0 Å². The lowest BCUT2D eigenvalue weighted by Gasteiger charge is -2.37.